The fourth-order valence-electron chi connectivity index (χ4n) is 2.52. The predicted molar refractivity (Wildman–Crippen MR) is 81.5 cm³/mol. The molecule has 1 aromatic carbocycles. The lowest BCUT2D eigenvalue weighted by atomic mass is 10.1. The minimum absolute atomic E-state index is 0.0612. The summed E-state index contributed by atoms with van der Waals surface area (Å²) in [6.45, 7) is 2.11. The summed E-state index contributed by atoms with van der Waals surface area (Å²) < 4.78 is 4.86. The Bertz CT molecular complexity index is 811. The number of furan rings is 1. The predicted octanol–water partition coefficient (Wildman–Crippen LogP) is 2.35. The summed E-state index contributed by atoms with van der Waals surface area (Å²) >= 11 is 0. The molecule has 0 saturated heterocycles. The molecule has 118 valence electrons. The summed E-state index contributed by atoms with van der Waals surface area (Å²) in [4.78, 5) is 35.1. The largest absolute Gasteiger partial charge is 0.433 e. The van der Waals surface area contributed by atoms with Crippen LogP contribution in [0.25, 0.3) is 0 Å². The molecule has 1 N–H and O–H groups in total. The highest BCUT2D eigenvalue weighted by Crippen LogP contribution is 2.31. The zero-order valence-electron chi connectivity index (χ0n) is 12.2. The van der Waals surface area contributed by atoms with Crippen LogP contribution >= 0.6 is 0 Å². The topological polar surface area (TPSA) is 106 Å². The maximum absolute atomic E-state index is 12.1. The van der Waals surface area contributed by atoms with E-state index in [1.54, 1.807) is 17.0 Å². The van der Waals surface area contributed by atoms with Crippen molar-refractivity contribution in [1.29, 1.82) is 0 Å². The van der Waals surface area contributed by atoms with Crippen molar-refractivity contribution in [2.45, 2.75) is 13.3 Å². The lowest BCUT2D eigenvalue weighted by Gasteiger charge is -2.15. The third-order valence-electron chi connectivity index (χ3n) is 3.61. The molecule has 2 heterocycles. The molecule has 23 heavy (non-hydrogen) atoms. The van der Waals surface area contributed by atoms with Gasteiger partial charge in [-0.05, 0) is 30.2 Å². The smallest absolute Gasteiger partial charge is 0.395 e. The highest BCUT2D eigenvalue weighted by Gasteiger charge is 2.23. The van der Waals surface area contributed by atoms with Crippen molar-refractivity contribution < 1.29 is 18.9 Å². The van der Waals surface area contributed by atoms with E-state index in [0.717, 1.165) is 23.7 Å². The van der Waals surface area contributed by atoms with E-state index in [1.807, 2.05) is 6.07 Å². The summed E-state index contributed by atoms with van der Waals surface area (Å²) in [6.07, 6.45) is 0.771. The van der Waals surface area contributed by atoms with Crippen LogP contribution in [0.1, 0.15) is 23.0 Å². The van der Waals surface area contributed by atoms with Crippen molar-refractivity contribution in [1.82, 2.24) is 0 Å². The third-order valence-corrected chi connectivity index (χ3v) is 3.61. The average Bonchev–Trinajstić information content (AvgIpc) is 3.13. The second-order valence-corrected chi connectivity index (χ2v) is 5.11. The minimum atomic E-state index is -0.711. The third kappa shape index (κ3) is 2.78. The van der Waals surface area contributed by atoms with E-state index in [4.69, 9.17) is 4.42 Å². The van der Waals surface area contributed by atoms with Gasteiger partial charge in [0.05, 0.1) is 6.07 Å². The van der Waals surface area contributed by atoms with Gasteiger partial charge < -0.3 is 14.6 Å². The second kappa shape index (κ2) is 5.56. The van der Waals surface area contributed by atoms with Crippen LogP contribution in [0.3, 0.4) is 0 Å². The molecule has 2 amide bonds. The van der Waals surface area contributed by atoms with Crippen LogP contribution in [0.2, 0.25) is 0 Å². The lowest BCUT2D eigenvalue weighted by molar-refractivity contribution is -0.402. The Morgan fingerprint density at radius 3 is 2.74 bits per heavy atom. The first-order chi connectivity index (χ1) is 11.0. The molecule has 1 aliphatic rings. The number of rotatable bonds is 3. The number of carbonyl (C=O) groups excluding carboxylic acids is 2. The number of hydrogen-bond donors (Lipinski definition) is 1. The number of anilines is 2. The van der Waals surface area contributed by atoms with Gasteiger partial charge in [-0.3, -0.25) is 19.7 Å². The van der Waals surface area contributed by atoms with Crippen LogP contribution in [-0.2, 0) is 11.2 Å². The maximum Gasteiger partial charge on any atom is 0.433 e. The summed E-state index contributed by atoms with van der Waals surface area (Å²) in [6, 6.07) is 7.63. The summed E-state index contributed by atoms with van der Waals surface area (Å²) in [5, 5.41) is 13.2. The summed E-state index contributed by atoms with van der Waals surface area (Å²) in [5.41, 5.74) is 2.29. The zero-order chi connectivity index (χ0) is 16.6. The van der Waals surface area contributed by atoms with E-state index in [9.17, 15) is 19.7 Å². The maximum atomic E-state index is 12.1. The van der Waals surface area contributed by atoms with Gasteiger partial charge in [0, 0.05) is 24.8 Å². The Hall–Kier alpha value is -3.16. The van der Waals surface area contributed by atoms with Crippen LogP contribution in [0.5, 0.6) is 0 Å². The number of nitro groups is 1. The van der Waals surface area contributed by atoms with Crippen LogP contribution in [0.4, 0.5) is 17.3 Å². The van der Waals surface area contributed by atoms with Gasteiger partial charge >= 0.3 is 5.88 Å². The van der Waals surface area contributed by atoms with Crippen molar-refractivity contribution in [3.8, 4) is 0 Å². The number of benzene rings is 1. The van der Waals surface area contributed by atoms with Gasteiger partial charge in [-0.1, -0.05) is 6.07 Å². The number of nitrogens with zero attached hydrogens (tertiary/aromatic N) is 2. The number of amides is 2. The van der Waals surface area contributed by atoms with Crippen LogP contribution in [0, 0.1) is 10.1 Å². The summed E-state index contributed by atoms with van der Waals surface area (Å²) in [7, 11) is 0. The van der Waals surface area contributed by atoms with E-state index in [2.05, 4.69) is 5.32 Å². The van der Waals surface area contributed by atoms with Crippen molar-refractivity contribution in [2.24, 2.45) is 0 Å². The van der Waals surface area contributed by atoms with E-state index < -0.39 is 16.7 Å². The van der Waals surface area contributed by atoms with Gasteiger partial charge in [-0.2, -0.15) is 0 Å². The fraction of sp³-hybridized carbons (Fsp3) is 0.200. The van der Waals surface area contributed by atoms with Gasteiger partial charge in [-0.25, -0.2) is 0 Å². The molecule has 8 heteroatoms. The normalized spacial score (nSPS) is 12.8. The number of hydrogen-bond acceptors (Lipinski definition) is 5. The first kappa shape index (κ1) is 14.8. The van der Waals surface area contributed by atoms with Crippen molar-refractivity contribution in [2.75, 3.05) is 16.8 Å². The Labute approximate surface area is 130 Å². The van der Waals surface area contributed by atoms with E-state index in [0.29, 0.717) is 12.2 Å². The lowest BCUT2D eigenvalue weighted by Crippen LogP contribution is -2.25. The SMILES string of the molecule is CC(=O)N1CCc2ccc(NC(=O)c3ccc([N+](=O)[O-])o3)cc21. The molecule has 0 radical (unpaired) electrons. The average molecular weight is 315 g/mol. The molecule has 3 rings (SSSR count). The van der Waals surface area contributed by atoms with Gasteiger partial charge in [0.15, 0.2) is 5.76 Å². The number of carbonyl (C=O) groups is 2. The van der Waals surface area contributed by atoms with Gasteiger partial charge in [0.1, 0.15) is 4.92 Å². The van der Waals surface area contributed by atoms with Crippen molar-refractivity contribution in [3.63, 3.8) is 0 Å². The molecule has 0 spiro atoms. The van der Waals surface area contributed by atoms with E-state index >= 15 is 0 Å². The second-order valence-electron chi connectivity index (χ2n) is 5.11. The fourth-order valence-corrected chi connectivity index (χ4v) is 2.52. The molecular weight excluding hydrogens is 302 g/mol. The Morgan fingerprint density at radius 2 is 2.09 bits per heavy atom. The quantitative estimate of drug-likeness (QED) is 0.691. The Kier molecular flexibility index (Phi) is 3.57. The molecular formula is C15H13N3O5. The van der Waals surface area contributed by atoms with Gasteiger partial charge in [-0.15, -0.1) is 0 Å². The molecule has 0 saturated carbocycles. The van der Waals surface area contributed by atoms with Gasteiger partial charge in [0.2, 0.25) is 5.91 Å². The molecule has 0 fully saturated rings. The molecule has 0 unspecified atom stereocenters. The minimum Gasteiger partial charge on any atom is -0.395 e. The molecule has 1 aliphatic heterocycles. The van der Waals surface area contributed by atoms with Crippen LogP contribution in [0.15, 0.2) is 34.7 Å². The monoisotopic (exact) mass is 315 g/mol. The van der Waals surface area contributed by atoms with Crippen molar-refractivity contribution >= 4 is 29.1 Å². The van der Waals surface area contributed by atoms with Gasteiger partial charge in [0.25, 0.3) is 5.91 Å². The molecule has 0 aliphatic carbocycles. The highest BCUT2D eigenvalue weighted by molar-refractivity contribution is 6.03. The van der Waals surface area contributed by atoms with Crippen LogP contribution < -0.4 is 10.2 Å². The summed E-state index contributed by atoms with van der Waals surface area (Å²) in [5.74, 6) is -1.30. The molecule has 8 nitrogen and oxygen atoms in total. The first-order valence-electron chi connectivity index (χ1n) is 6.92. The number of nitrogens with one attached hydrogen (secondary N) is 1. The highest BCUT2D eigenvalue weighted by atomic mass is 16.6. The zero-order valence-corrected chi connectivity index (χ0v) is 12.2. The van der Waals surface area contributed by atoms with Crippen LogP contribution in [-0.4, -0.2) is 23.3 Å². The molecule has 0 bridgehead atoms. The molecule has 1 aromatic heterocycles. The molecule has 2 aromatic rings. The first-order valence-corrected chi connectivity index (χ1v) is 6.92. The van der Waals surface area contributed by atoms with E-state index in [-0.39, 0.29) is 11.7 Å². The van der Waals surface area contributed by atoms with Crippen molar-refractivity contribution in [3.05, 3.63) is 51.8 Å². The Balaban J connectivity index is 1.80. The standard InChI is InChI=1S/C15H13N3O5/c1-9(19)17-7-6-10-2-3-11(8-12(10)17)16-15(20)13-4-5-14(23-13)18(21)22/h2-5,8H,6-7H2,1H3,(H,16,20). The number of fused-ring (bicyclic) bond motifs is 1. The Morgan fingerprint density at radius 1 is 1.30 bits per heavy atom. The van der Waals surface area contributed by atoms with E-state index in [1.165, 1.54) is 13.0 Å². The molecule has 0 atom stereocenters.